The van der Waals surface area contributed by atoms with Gasteiger partial charge < -0.3 is 20.3 Å². The first kappa shape index (κ1) is 20.3. The maximum atomic E-state index is 11.8. The molecule has 1 amide bonds. The van der Waals surface area contributed by atoms with E-state index in [2.05, 4.69) is 37.2 Å². The van der Waals surface area contributed by atoms with Crippen molar-refractivity contribution in [2.24, 2.45) is 0 Å². The number of rotatable bonds is 6. The number of hydrogen-bond acceptors (Lipinski definition) is 4. The zero-order valence-corrected chi connectivity index (χ0v) is 17.3. The first-order chi connectivity index (χ1) is 12.2. The van der Waals surface area contributed by atoms with Gasteiger partial charge in [0.1, 0.15) is 18.0 Å². The van der Waals surface area contributed by atoms with Crippen molar-refractivity contribution in [3.63, 3.8) is 0 Å². The maximum Gasteiger partial charge on any atom is 0.322 e. The summed E-state index contributed by atoms with van der Waals surface area (Å²) in [5.41, 5.74) is 2.11. The number of aromatic hydroxyl groups is 1. The summed E-state index contributed by atoms with van der Waals surface area (Å²) in [5, 5.41) is 20.8. The lowest BCUT2D eigenvalue weighted by Crippen LogP contribution is -2.30. The lowest BCUT2D eigenvalue weighted by atomic mass is 10.1. The van der Waals surface area contributed by atoms with E-state index in [-0.39, 0.29) is 18.1 Å². The molecule has 0 aliphatic rings. The third-order valence-electron chi connectivity index (χ3n) is 3.54. The minimum absolute atomic E-state index is 0.0438. The van der Waals surface area contributed by atoms with E-state index in [0.29, 0.717) is 37.1 Å². The number of amides is 1. The number of phenols is 1. The average Bonchev–Trinajstić information content (AvgIpc) is 2.54. The highest BCUT2D eigenvalue weighted by molar-refractivity contribution is 9.11. The molecule has 8 heteroatoms. The number of hydrogen-bond donors (Lipinski definition) is 3. The van der Waals surface area contributed by atoms with Gasteiger partial charge in [-0.05, 0) is 86.7 Å². The predicted molar refractivity (Wildman–Crippen MR) is 104 cm³/mol. The fourth-order valence-corrected chi connectivity index (χ4v) is 3.77. The largest absolute Gasteiger partial charge is 0.507 e. The Kier molecular flexibility index (Phi) is 6.66. The molecular formula is C18H17Br2NO5. The number of halogens is 2. The average molecular weight is 487 g/mol. The monoisotopic (exact) mass is 485 g/mol. The third-order valence-corrected chi connectivity index (χ3v) is 4.72. The minimum Gasteiger partial charge on any atom is -0.507 e. The van der Waals surface area contributed by atoms with Crippen LogP contribution in [0.3, 0.4) is 0 Å². The molecule has 0 aromatic heterocycles. The number of carboxylic acids is 1. The predicted octanol–water partition coefficient (Wildman–Crippen LogP) is 4.07. The van der Waals surface area contributed by atoms with Crippen molar-refractivity contribution < 1.29 is 24.5 Å². The van der Waals surface area contributed by atoms with Crippen molar-refractivity contribution in [1.82, 2.24) is 5.32 Å². The quantitative estimate of drug-likeness (QED) is 0.572. The van der Waals surface area contributed by atoms with Crippen LogP contribution >= 0.6 is 31.9 Å². The van der Waals surface area contributed by atoms with Crippen LogP contribution in [-0.2, 0) is 16.0 Å². The summed E-state index contributed by atoms with van der Waals surface area (Å²) in [6, 6.07) is 6.93. The Morgan fingerprint density at radius 1 is 1.08 bits per heavy atom. The second-order valence-electron chi connectivity index (χ2n) is 5.74. The summed E-state index contributed by atoms with van der Waals surface area (Å²) in [6.07, 6.45) is 0.0438. The van der Waals surface area contributed by atoms with E-state index in [4.69, 9.17) is 9.84 Å². The topological polar surface area (TPSA) is 95.9 Å². The maximum absolute atomic E-state index is 11.8. The van der Waals surface area contributed by atoms with Crippen molar-refractivity contribution in [1.29, 1.82) is 0 Å². The van der Waals surface area contributed by atoms with Gasteiger partial charge in [-0.3, -0.25) is 9.59 Å². The first-order valence-corrected chi connectivity index (χ1v) is 9.20. The Morgan fingerprint density at radius 3 is 2.12 bits per heavy atom. The van der Waals surface area contributed by atoms with E-state index in [0.717, 1.165) is 0 Å². The number of ether oxygens (including phenoxy) is 1. The van der Waals surface area contributed by atoms with E-state index in [1.54, 1.807) is 38.1 Å². The van der Waals surface area contributed by atoms with Crippen molar-refractivity contribution in [3.8, 4) is 17.2 Å². The highest BCUT2D eigenvalue weighted by Gasteiger charge is 2.14. The van der Waals surface area contributed by atoms with Crippen LogP contribution in [0.15, 0.2) is 33.2 Å². The Hall–Kier alpha value is -2.06. The molecule has 2 aromatic carbocycles. The summed E-state index contributed by atoms with van der Waals surface area (Å²) in [6.45, 7) is 3.16. The van der Waals surface area contributed by atoms with Gasteiger partial charge in [0, 0.05) is 0 Å². The van der Waals surface area contributed by atoms with E-state index in [9.17, 15) is 14.7 Å². The molecular weight excluding hydrogens is 470 g/mol. The molecule has 138 valence electrons. The number of aryl methyl sites for hydroxylation is 2. The normalized spacial score (nSPS) is 10.5. The molecule has 3 N–H and O–H groups in total. The van der Waals surface area contributed by atoms with Gasteiger partial charge in [0.05, 0.1) is 15.4 Å². The van der Waals surface area contributed by atoms with E-state index >= 15 is 0 Å². The van der Waals surface area contributed by atoms with Crippen LogP contribution < -0.4 is 10.1 Å². The lowest BCUT2D eigenvalue weighted by Gasteiger charge is -2.14. The number of carbonyl (C=O) groups is 2. The van der Waals surface area contributed by atoms with Crippen LogP contribution in [0.4, 0.5) is 0 Å². The van der Waals surface area contributed by atoms with Crippen LogP contribution in [0.5, 0.6) is 17.2 Å². The highest BCUT2D eigenvalue weighted by Crippen LogP contribution is 2.39. The molecule has 0 atom stereocenters. The Bertz CT molecular complexity index is 821. The number of aliphatic carboxylic acids is 1. The highest BCUT2D eigenvalue weighted by atomic mass is 79.9. The number of carboxylic acid groups (broad SMARTS) is 1. The van der Waals surface area contributed by atoms with Crippen molar-refractivity contribution in [2.45, 2.75) is 20.3 Å². The zero-order valence-electron chi connectivity index (χ0n) is 14.1. The van der Waals surface area contributed by atoms with Gasteiger partial charge in [-0.2, -0.15) is 0 Å². The van der Waals surface area contributed by atoms with Gasteiger partial charge in [-0.1, -0.05) is 0 Å². The van der Waals surface area contributed by atoms with Gasteiger partial charge in [0.15, 0.2) is 5.75 Å². The SMILES string of the molecule is Cc1cc(Oc2c(Br)cc(CC(=O)NCC(=O)O)cc2Br)cc(C)c1O. The molecule has 0 radical (unpaired) electrons. The number of phenolic OH excluding ortho intramolecular Hbond substituents is 1. The molecule has 0 bridgehead atoms. The summed E-state index contributed by atoms with van der Waals surface area (Å²) in [4.78, 5) is 22.3. The van der Waals surface area contributed by atoms with Crippen LogP contribution in [0.1, 0.15) is 16.7 Å². The van der Waals surface area contributed by atoms with Gasteiger partial charge >= 0.3 is 5.97 Å². The molecule has 0 heterocycles. The van der Waals surface area contributed by atoms with E-state index in [1.165, 1.54) is 0 Å². The molecule has 0 unspecified atom stereocenters. The van der Waals surface area contributed by atoms with Gasteiger partial charge in [0.25, 0.3) is 0 Å². The second kappa shape index (κ2) is 8.55. The van der Waals surface area contributed by atoms with Crippen LogP contribution in [0.25, 0.3) is 0 Å². The molecule has 2 aromatic rings. The smallest absolute Gasteiger partial charge is 0.322 e. The molecule has 0 saturated heterocycles. The molecule has 0 aliphatic heterocycles. The fraction of sp³-hybridized carbons (Fsp3) is 0.222. The van der Waals surface area contributed by atoms with E-state index in [1.807, 2.05) is 0 Å². The summed E-state index contributed by atoms with van der Waals surface area (Å²) >= 11 is 6.86. The number of benzene rings is 2. The summed E-state index contributed by atoms with van der Waals surface area (Å²) < 4.78 is 7.18. The number of nitrogens with one attached hydrogen (secondary N) is 1. The second-order valence-corrected chi connectivity index (χ2v) is 7.45. The van der Waals surface area contributed by atoms with Crippen LogP contribution in [-0.4, -0.2) is 28.6 Å². The van der Waals surface area contributed by atoms with E-state index < -0.39 is 12.5 Å². The molecule has 2 rings (SSSR count). The molecule has 26 heavy (non-hydrogen) atoms. The van der Waals surface area contributed by atoms with Crippen LogP contribution in [0.2, 0.25) is 0 Å². The molecule has 0 spiro atoms. The first-order valence-electron chi connectivity index (χ1n) is 7.62. The van der Waals surface area contributed by atoms with Gasteiger partial charge in [0.2, 0.25) is 5.91 Å². The fourth-order valence-electron chi connectivity index (χ4n) is 2.33. The molecule has 0 saturated carbocycles. The van der Waals surface area contributed by atoms with Crippen molar-refractivity contribution in [3.05, 3.63) is 49.9 Å². The Morgan fingerprint density at radius 2 is 1.62 bits per heavy atom. The number of carbonyl (C=O) groups excluding carboxylic acids is 1. The van der Waals surface area contributed by atoms with Crippen molar-refractivity contribution >= 4 is 43.7 Å². The van der Waals surface area contributed by atoms with Gasteiger partial charge in [-0.15, -0.1) is 0 Å². The molecule has 6 nitrogen and oxygen atoms in total. The Labute approximate surface area is 167 Å². The Balaban J connectivity index is 2.19. The summed E-state index contributed by atoms with van der Waals surface area (Å²) in [7, 11) is 0. The third kappa shape index (κ3) is 5.22. The zero-order chi connectivity index (χ0) is 19.4. The molecule has 0 aliphatic carbocycles. The van der Waals surface area contributed by atoms with Gasteiger partial charge in [-0.25, -0.2) is 0 Å². The van der Waals surface area contributed by atoms with Crippen LogP contribution in [0, 0.1) is 13.8 Å². The minimum atomic E-state index is -1.09. The molecule has 0 fully saturated rings. The summed E-state index contributed by atoms with van der Waals surface area (Å²) in [5.74, 6) is -0.137. The standard InChI is InChI=1S/C18H17Br2NO5/c1-9-3-12(4-10(2)17(9)25)26-18-13(19)5-11(6-14(18)20)7-15(22)21-8-16(23)24/h3-6,25H,7-8H2,1-2H3,(H,21,22)(H,23,24). The van der Waals surface area contributed by atoms with Crippen molar-refractivity contribution in [2.75, 3.05) is 6.54 Å². The lowest BCUT2D eigenvalue weighted by molar-refractivity contribution is -0.137.